The third-order valence-electron chi connectivity index (χ3n) is 5.45. The van der Waals surface area contributed by atoms with E-state index in [0.717, 1.165) is 22.9 Å². The van der Waals surface area contributed by atoms with Gasteiger partial charge in [-0.1, -0.05) is 35.4 Å². The van der Waals surface area contributed by atoms with Gasteiger partial charge in [0.1, 0.15) is 11.9 Å². The van der Waals surface area contributed by atoms with E-state index in [2.05, 4.69) is 62.0 Å². The van der Waals surface area contributed by atoms with Crippen LogP contribution < -0.4 is 10.2 Å². The van der Waals surface area contributed by atoms with E-state index >= 15 is 0 Å². The van der Waals surface area contributed by atoms with Crippen LogP contribution in [0.1, 0.15) is 29.0 Å². The first-order valence-electron chi connectivity index (χ1n) is 9.98. The number of aryl methyl sites for hydroxylation is 1. The average Bonchev–Trinajstić information content (AvgIpc) is 3.40. The first-order chi connectivity index (χ1) is 15.1. The smallest absolute Gasteiger partial charge is 0.174 e. The summed E-state index contributed by atoms with van der Waals surface area (Å²) in [5, 5.41) is 4.77. The molecule has 31 heavy (non-hydrogen) atoms. The lowest BCUT2D eigenvalue weighted by Crippen LogP contribution is -2.30. The van der Waals surface area contributed by atoms with Crippen molar-refractivity contribution in [2.24, 2.45) is 0 Å². The lowest BCUT2D eigenvalue weighted by atomic mass is 10.0. The number of anilines is 1. The summed E-state index contributed by atoms with van der Waals surface area (Å²) in [6.45, 7) is 2.08. The monoisotopic (exact) mass is 445 g/mol. The number of rotatable bonds is 4. The molecule has 1 aliphatic heterocycles. The number of thiocarbonyl (C=S) groups is 1. The zero-order chi connectivity index (χ0) is 21.4. The molecule has 7 heteroatoms. The van der Waals surface area contributed by atoms with Crippen molar-refractivity contribution in [2.75, 3.05) is 4.90 Å². The molecule has 0 saturated carbocycles. The molecule has 0 bridgehead atoms. The SMILES string of the molecule is Cc1ccc(N2C(=S)NC(c3ccccn3)C2c2cccn2-c2ccc(Cl)cn2)cc1. The number of nitrogens with zero attached hydrogens (tertiary/aromatic N) is 4. The van der Waals surface area contributed by atoms with Crippen LogP contribution in [0.5, 0.6) is 0 Å². The second-order valence-corrected chi connectivity index (χ2v) is 8.29. The molecule has 0 amide bonds. The van der Waals surface area contributed by atoms with Crippen molar-refractivity contribution in [3.8, 4) is 5.82 Å². The van der Waals surface area contributed by atoms with Crippen LogP contribution in [0.2, 0.25) is 5.02 Å². The van der Waals surface area contributed by atoms with Crippen LogP contribution in [-0.4, -0.2) is 19.6 Å². The molecule has 4 heterocycles. The molecule has 5 nitrogen and oxygen atoms in total. The summed E-state index contributed by atoms with van der Waals surface area (Å²) in [7, 11) is 0. The van der Waals surface area contributed by atoms with Crippen LogP contribution in [-0.2, 0) is 0 Å². The summed E-state index contributed by atoms with van der Waals surface area (Å²) in [6, 6.07) is 22.0. The maximum atomic E-state index is 6.06. The highest BCUT2D eigenvalue weighted by molar-refractivity contribution is 7.80. The molecular weight excluding hydrogens is 426 g/mol. The third-order valence-corrected chi connectivity index (χ3v) is 5.99. The zero-order valence-electron chi connectivity index (χ0n) is 16.8. The van der Waals surface area contributed by atoms with Crippen LogP contribution in [0.25, 0.3) is 5.82 Å². The molecule has 1 aromatic carbocycles. The quantitative estimate of drug-likeness (QED) is 0.426. The Labute approximate surface area is 191 Å². The Balaban J connectivity index is 1.66. The molecule has 1 aliphatic rings. The Morgan fingerprint density at radius 2 is 1.81 bits per heavy atom. The second-order valence-electron chi connectivity index (χ2n) is 7.47. The summed E-state index contributed by atoms with van der Waals surface area (Å²) < 4.78 is 2.08. The van der Waals surface area contributed by atoms with Crippen molar-refractivity contribution >= 4 is 34.6 Å². The first-order valence-corrected chi connectivity index (χ1v) is 10.8. The van der Waals surface area contributed by atoms with E-state index in [4.69, 9.17) is 23.8 Å². The van der Waals surface area contributed by atoms with Crippen LogP contribution in [0, 0.1) is 6.92 Å². The molecule has 1 fully saturated rings. The Hall–Kier alpha value is -3.22. The predicted octanol–water partition coefficient (Wildman–Crippen LogP) is 5.41. The average molecular weight is 446 g/mol. The Kier molecular flexibility index (Phi) is 5.18. The van der Waals surface area contributed by atoms with Gasteiger partial charge in [-0.3, -0.25) is 4.98 Å². The number of nitrogens with one attached hydrogen (secondary N) is 1. The van der Waals surface area contributed by atoms with E-state index in [1.807, 2.05) is 48.8 Å². The molecule has 5 rings (SSSR count). The van der Waals surface area contributed by atoms with E-state index < -0.39 is 0 Å². The molecule has 0 spiro atoms. The molecule has 0 aliphatic carbocycles. The maximum absolute atomic E-state index is 6.06. The van der Waals surface area contributed by atoms with Gasteiger partial charge in [0.05, 0.1) is 16.8 Å². The Bertz CT molecular complexity index is 1200. The Morgan fingerprint density at radius 1 is 0.968 bits per heavy atom. The number of aromatic nitrogens is 3. The minimum absolute atomic E-state index is 0.113. The molecule has 2 atom stereocenters. The van der Waals surface area contributed by atoms with Gasteiger partial charge in [0.25, 0.3) is 0 Å². The summed E-state index contributed by atoms with van der Waals surface area (Å²) in [5.41, 5.74) is 4.22. The van der Waals surface area contributed by atoms with Crippen LogP contribution in [0.15, 0.2) is 85.3 Å². The largest absolute Gasteiger partial charge is 0.351 e. The fourth-order valence-electron chi connectivity index (χ4n) is 3.99. The minimum atomic E-state index is -0.115. The van der Waals surface area contributed by atoms with Crippen molar-refractivity contribution < 1.29 is 0 Å². The number of hydrogen-bond acceptors (Lipinski definition) is 3. The van der Waals surface area contributed by atoms with Gasteiger partial charge < -0.3 is 14.8 Å². The zero-order valence-corrected chi connectivity index (χ0v) is 18.4. The number of halogens is 1. The molecule has 1 N–H and O–H groups in total. The standard InChI is InChI=1S/C24H20ClN5S/c1-16-7-10-18(11-8-16)30-23(22(28-24(30)31)19-5-2-3-13-26-19)20-6-4-14-29(20)21-12-9-17(25)15-27-21/h2-15,22-23H,1H3,(H,28,31). The highest BCUT2D eigenvalue weighted by Gasteiger charge is 2.42. The van der Waals surface area contributed by atoms with Gasteiger partial charge in [-0.25, -0.2) is 4.98 Å². The number of pyridine rings is 2. The lowest BCUT2D eigenvalue weighted by molar-refractivity contribution is 0.548. The fraction of sp³-hybridized carbons (Fsp3) is 0.125. The molecule has 4 aromatic rings. The highest BCUT2D eigenvalue weighted by Crippen LogP contribution is 2.42. The van der Waals surface area contributed by atoms with E-state index in [0.29, 0.717) is 10.1 Å². The third kappa shape index (κ3) is 3.69. The van der Waals surface area contributed by atoms with E-state index in [9.17, 15) is 0 Å². The predicted molar refractivity (Wildman–Crippen MR) is 128 cm³/mol. The van der Waals surface area contributed by atoms with Crippen molar-refractivity contribution in [2.45, 2.75) is 19.0 Å². The van der Waals surface area contributed by atoms with Crippen molar-refractivity contribution in [1.29, 1.82) is 0 Å². The number of hydrogen-bond donors (Lipinski definition) is 1. The summed E-state index contributed by atoms with van der Waals surface area (Å²) in [6.07, 6.45) is 5.48. The molecular formula is C24H20ClN5S. The van der Waals surface area contributed by atoms with Crippen molar-refractivity contribution in [1.82, 2.24) is 19.9 Å². The normalized spacial score (nSPS) is 18.3. The van der Waals surface area contributed by atoms with Gasteiger partial charge in [0, 0.05) is 30.0 Å². The highest BCUT2D eigenvalue weighted by atomic mass is 35.5. The summed E-state index contributed by atoms with van der Waals surface area (Å²) >= 11 is 11.9. The fourth-order valence-corrected chi connectivity index (χ4v) is 4.45. The summed E-state index contributed by atoms with van der Waals surface area (Å²) in [5.74, 6) is 0.797. The second kappa shape index (κ2) is 8.13. The molecule has 3 aromatic heterocycles. The van der Waals surface area contributed by atoms with E-state index in [1.54, 1.807) is 6.20 Å². The van der Waals surface area contributed by atoms with Crippen LogP contribution in [0.3, 0.4) is 0 Å². The van der Waals surface area contributed by atoms with E-state index in [-0.39, 0.29) is 12.1 Å². The number of benzene rings is 1. The molecule has 154 valence electrons. The van der Waals surface area contributed by atoms with Gasteiger partial charge in [0.15, 0.2) is 5.11 Å². The summed E-state index contributed by atoms with van der Waals surface area (Å²) in [4.78, 5) is 11.3. The van der Waals surface area contributed by atoms with Gasteiger partial charge in [0.2, 0.25) is 0 Å². The van der Waals surface area contributed by atoms with E-state index in [1.165, 1.54) is 5.56 Å². The van der Waals surface area contributed by atoms with Crippen LogP contribution >= 0.6 is 23.8 Å². The Morgan fingerprint density at radius 3 is 2.52 bits per heavy atom. The van der Waals surface area contributed by atoms with Gasteiger partial charge in [-0.05, 0) is 67.7 Å². The minimum Gasteiger partial charge on any atom is -0.351 e. The molecule has 0 radical (unpaired) electrons. The van der Waals surface area contributed by atoms with Gasteiger partial charge in [-0.15, -0.1) is 0 Å². The topological polar surface area (TPSA) is 46.0 Å². The first kappa shape index (κ1) is 19.7. The lowest BCUT2D eigenvalue weighted by Gasteiger charge is -2.29. The van der Waals surface area contributed by atoms with Crippen molar-refractivity contribution in [3.05, 3.63) is 107 Å². The van der Waals surface area contributed by atoms with Gasteiger partial charge in [-0.2, -0.15) is 0 Å². The van der Waals surface area contributed by atoms with Gasteiger partial charge >= 0.3 is 0 Å². The molecule has 2 unspecified atom stereocenters. The van der Waals surface area contributed by atoms with Crippen LogP contribution in [0.4, 0.5) is 5.69 Å². The molecule has 1 saturated heterocycles. The van der Waals surface area contributed by atoms with Crippen molar-refractivity contribution in [3.63, 3.8) is 0 Å². The maximum Gasteiger partial charge on any atom is 0.174 e.